The van der Waals surface area contributed by atoms with Gasteiger partial charge in [-0.05, 0) is 50.3 Å². The fourth-order valence-electron chi connectivity index (χ4n) is 4.51. The van der Waals surface area contributed by atoms with E-state index in [9.17, 15) is 14.7 Å². The lowest BCUT2D eigenvalue weighted by molar-refractivity contribution is -0.123. The van der Waals surface area contributed by atoms with Crippen LogP contribution in [0.3, 0.4) is 0 Å². The van der Waals surface area contributed by atoms with Gasteiger partial charge in [0.05, 0.1) is 5.69 Å². The van der Waals surface area contributed by atoms with Crippen LogP contribution in [-0.2, 0) is 4.79 Å². The predicted molar refractivity (Wildman–Crippen MR) is 126 cm³/mol. The molecule has 0 unspecified atom stereocenters. The number of carbonyl (C=O) groups is 2. The summed E-state index contributed by atoms with van der Waals surface area (Å²) in [7, 11) is 2.06. The molecular weight excluding hydrogens is 408 g/mol. The molecule has 0 radical (unpaired) electrons. The number of thiophene rings is 1. The van der Waals surface area contributed by atoms with E-state index in [0.717, 1.165) is 61.3 Å². The first-order valence-electron chi connectivity index (χ1n) is 11.1. The molecule has 0 saturated heterocycles. The van der Waals surface area contributed by atoms with E-state index < -0.39 is 5.97 Å². The van der Waals surface area contributed by atoms with E-state index in [0.29, 0.717) is 11.6 Å². The fraction of sp³-hybridized carbons (Fsp3) is 0.440. The highest BCUT2D eigenvalue weighted by Crippen LogP contribution is 2.41. The van der Waals surface area contributed by atoms with Crippen molar-refractivity contribution in [3.8, 4) is 10.4 Å². The van der Waals surface area contributed by atoms with Crippen molar-refractivity contribution in [3.05, 3.63) is 53.0 Å². The molecule has 1 fully saturated rings. The zero-order chi connectivity index (χ0) is 22.0. The maximum Gasteiger partial charge on any atom is 0.348 e. The van der Waals surface area contributed by atoms with Crippen LogP contribution in [0.25, 0.3) is 10.4 Å². The van der Waals surface area contributed by atoms with Gasteiger partial charge in [-0.2, -0.15) is 0 Å². The largest absolute Gasteiger partial charge is 0.477 e. The van der Waals surface area contributed by atoms with E-state index in [1.54, 1.807) is 4.90 Å². The summed E-state index contributed by atoms with van der Waals surface area (Å²) >= 11 is 1.25. The topological polar surface area (TPSA) is 60.9 Å². The molecule has 1 saturated carbocycles. The molecule has 1 N–H and O–H groups in total. The average Bonchev–Trinajstić information content (AvgIpc) is 3.22. The molecule has 6 heteroatoms. The number of aromatic carboxylic acids is 1. The van der Waals surface area contributed by atoms with Crippen molar-refractivity contribution in [1.29, 1.82) is 0 Å². The summed E-state index contributed by atoms with van der Waals surface area (Å²) in [5.74, 6) is -0.313. The molecule has 0 spiro atoms. The van der Waals surface area contributed by atoms with Crippen molar-refractivity contribution in [2.45, 2.75) is 39.0 Å². The van der Waals surface area contributed by atoms with Gasteiger partial charge in [0.1, 0.15) is 4.88 Å². The zero-order valence-electron chi connectivity index (χ0n) is 18.2. The molecule has 1 aromatic heterocycles. The van der Waals surface area contributed by atoms with Gasteiger partial charge in [0.2, 0.25) is 5.91 Å². The third kappa shape index (κ3) is 4.75. The Morgan fingerprint density at radius 3 is 2.45 bits per heavy atom. The molecule has 31 heavy (non-hydrogen) atoms. The standard InChI is InChI=1S/C25H30N2O3S/c1-17-8-10-19(11-9-17)24(28)27(20-12-14-26(2)15-13-20)21-16-22(31-23(21)25(29)30)18-6-4-3-5-7-18/h3-7,12,16-17,19H,8-11,13-15H2,1-2H3,(H,29,30). The highest BCUT2D eigenvalue weighted by molar-refractivity contribution is 7.18. The number of rotatable bonds is 5. The lowest BCUT2D eigenvalue weighted by Gasteiger charge is -2.34. The number of nitrogens with zero attached hydrogens (tertiary/aromatic N) is 2. The summed E-state index contributed by atoms with van der Waals surface area (Å²) in [6.45, 7) is 3.86. The van der Waals surface area contributed by atoms with Crippen LogP contribution in [-0.4, -0.2) is 42.0 Å². The van der Waals surface area contributed by atoms with Crippen molar-refractivity contribution >= 4 is 28.9 Å². The van der Waals surface area contributed by atoms with E-state index >= 15 is 0 Å². The third-order valence-electron chi connectivity index (χ3n) is 6.47. The lowest BCUT2D eigenvalue weighted by atomic mass is 9.82. The summed E-state index contributed by atoms with van der Waals surface area (Å²) in [4.78, 5) is 31.0. The number of carbonyl (C=O) groups excluding carboxylic acids is 1. The Balaban J connectivity index is 1.77. The summed E-state index contributed by atoms with van der Waals surface area (Å²) < 4.78 is 0. The number of carboxylic acids is 1. The molecule has 2 heterocycles. The minimum absolute atomic E-state index is 0.0431. The molecule has 1 aromatic carbocycles. The minimum atomic E-state index is -0.981. The van der Waals surface area contributed by atoms with Gasteiger partial charge < -0.3 is 10.0 Å². The van der Waals surface area contributed by atoms with Crippen LogP contribution >= 0.6 is 11.3 Å². The van der Waals surface area contributed by atoms with Crippen LogP contribution in [0, 0.1) is 11.8 Å². The molecule has 2 aromatic rings. The Kier molecular flexibility index (Phi) is 6.58. The van der Waals surface area contributed by atoms with Gasteiger partial charge in [-0.15, -0.1) is 11.3 Å². The second kappa shape index (κ2) is 9.37. The van der Waals surface area contributed by atoms with Crippen LogP contribution in [0.15, 0.2) is 48.2 Å². The zero-order valence-corrected chi connectivity index (χ0v) is 19.0. The van der Waals surface area contributed by atoms with Gasteiger partial charge in [-0.25, -0.2) is 4.79 Å². The predicted octanol–water partition coefficient (Wildman–Crippen LogP) is 5.49. The van der Waals surface area contributed by atoms with E-state index in [-0.39, 0.29) is 16.7 Å². The van der Waals surface area contributed by atoms with Crippen LogP contribution < -0.4 is 4.90 Å². The number of hydrogen-bond acceptors (Lipinski definition) is 4. The Morgan fingerprint density at radius 2 is 1.84 bits per heavy atom. The van der Waals surface area contributed by atoms with Crippen LogP contribution in [0.1, 0.15) is 48.7 Å². The normalized spacial score (nSPS) is 22.1. The Bertz CT molecular complexity index is 974. The van der Waals surface area contributed by atoms with Gasteiger partial charge >= 0.3 is 5.97 Å². The van der Waals surface area contributed by atoms with Crippen molar-refractivity contribution in [3.63, 3.8) is 0 Å². The summed E-state index contributed by atoms with van der Waals surface area (Å²) in [5, 5.41) is 9.99. The van der Waals surface area contributed by atoms with Gasteiger partial charge in [-0.1, -0.05) is 43.3 Å². The quantitative estimate of drug-likeness (QED) is 0.670. The molecule has 0 atom stereocenters. The third-order valence-corrected chi connectivity index (χ3v) is 7.63. The van der Waals surface area contributed by atoms with Gasteiger partial charge in [0.25, 0.3) is 0 Å². The monoisotopic (exact) mass is 438 g/mol. The second-order valence-corrected chi connectivity index (χ2v) is 9.89. The molecule has 1 aliphatic carbocycles. The molecule has 0 bridgehead atoms. The van der Waals surface area contributed by atoms with Crippen molar-refractivity contribution in [1.82, 2.24) is 4.90 Å². The van der Waals surface area contributed by atoms with E-state index in [1.165, 1.54) is 11.3 Å². The Labute approximate surface area is 188 Å². The summed E-state index contributed by atoms with van der Waals surface area (Å²) in [5.41, 5.74) is 2.43. The van der Waals surface area contributed by atoms with Crippen LogP contribution in [0.5, 0.6) is 0 Å². The van der Waals surface area contributed by atoms with E-state index in [4.69, 9.17) is 0 Å². The van der Waals surface area contributed by atoms with Gasteiger partial charge in [-0.3, -0.25) is 9.69 Å². The number of anilines is 1. The molecule has 2 aliphatic rings. The highest BCUT2D eigenvalue weighted by Gasteiger charge is 2.34. The molecular formula is C25H30N2O3S. The summed E-state index contributed by atoms with van der Waals surface area (Å²) in [6.07, 6.45) is 6.68. The van der Waals surface area contributed by atoms with Gasteiger partial charge in [0.15, 0.2) is 0 Å². The van der Waals surface area contributed by atoms with Crippen LogP contribution in [0.4, 0.5) is 5.69 Å². The second-order valence-electron chi connectivity index (χ2n) is 8.83. The summed E-state index contributed by atoms with van der Waals surface area (Å²) in [6, 6.07) is 11.7. The number of likely N-dealkylation sites (N-methyl/N-ethyl adjacent to an activating group) is 1. The number of benzene rings is 1. The SMILES string of the molecule is CC1CCC(C(=O)N(C2=CCN(C)CC2)c2cc(-c3ccccc3)sc2C(=O)O)CC1. The lowest BCUT2D eigenvalue weighted by Crippen LogP contribution is -2.40. The number of carboxylic acid groups (broad SMARTS) is 1. The highest BCUT2D eigenvalue weighted by atomic mass is 32.1. The van der Waals surface area contributed by atoms with Crippen molar-refractivity contribution < 1.29 is 14.7 Å². The maximum atomic E-state index is 13.8. The Hall–Kier alpha value is -2.44. The molecule has 1 amide bonds. The van der Waals surface area contributed by atoms with E-state index in [2.05, 4.69) is 24.9 Å². The van der Waals surface area contributed by atoms with E-state index in [1.807, 2.05) is 36.4 Å². The first-order chi connectivity index (χ1) is 14.9. The van der Waals surface area contributed by atoms with Crippen LogP contribution in [0.2, 0.25) is 0 Å². The number of hydrogen-bond donors (Lipinski definition) is 1. The molecule has 1 aliphatic heterocycles. The first kappa shape index (κ1) is 21.8. The fourth-order valence-corrected chi connectivity index (χ4v) is 5.50. The average molecular weight is 439 g/mol. The minimum Gasteiger partial charge on any atom is -0.477 e. The number of amides is 1. The van der Waals surface area contributed by atoms with Crippen molar-refractivity contribution in [2.75, 3.05) is 25.0 Å². The smallest absolute Gasteiger partial charge is 0.348 e. The van der Waals surface area contributed by atoms with Crippen molar-refractivity contribution in [2.24, 2.45) is 11.8 Å². The molecule has 4 rings (SSSR count). The maximum absolute atomic E-state index is 13.8. The van der Waals surface area contributed by atoms with Gasteiger partial charge in [0, 0.05) is 36.0 Å². The first-order valence-corrected chi connectivity index (χ1v) is 11.9. The Morgan fingerprint density at radius 1 is 1.13 bits per heavy atom. The molecule has 164 valence electrons. The molecule has 5 nitrogen and oxygen atoms in total.